The van der Waals surface area contributed by atoms with Gasteiger partial charge in [-0.15, -0.1) is 0 Å². The zero-order valence-electron chi connectivity index (χ0n) is 12.1. The van der Waals surface area contributed by atoms with Gasteiger partial charge in [0.1, 0.15) is 6.26 Å². The number of furan rings is 1. The van der Waals surface area contributed by atoms with Crippen molar-refractivity contribution < 1.29 is 14.0 Å². The average Bonchev–Trinajstić information content (AvgIpc) is 3.24. The Labute approximate surface area is 128 Å². The van der Waals surface area contributed by atoms with E-state index < -0.39 is 0 Å². The molecule has 0 aromatic carbocycles. The monoisotopic (exact) mass is 299 g/mol. The molecule has 6 heteroatoms. The van der Waals surface area contributed by atoms with Crippen molar-refractivity contribution in [3.8, 4) is 0 Å². The summed E-state index contributed by atoms with van der Waals surface area (Å²) in [6.45, 7) is 0.707. The minimum absolute atomic E-state index is 0.00834. The molecule has 3 rings (SSSR count). The third kappa shape index (κ3) is 3.00. The summed E-state index contributed by atoms with van der Waals surface area (Å²) in [4.78, 5) is 30.0. The van der Waals surface area contributed by atoms with Gasteiger partial charge in [-0.3, -0.25) is 14.6 Å². The number of carbonyl (C=O) groups is 2. The van der Waals surface area contributed by atoms with Crippen molar-refractivity contribution in [2.75, 3.05) is 13.1 Å². The minimum atomic E-state index is -0.304. The van der Waals surface area contributed by atoms with Crippen molar-refractivity contribution >= 4 is 11.8 Å². The number of rotatable bonds is 4. The van der Waals surface area contributed by atoms with Gasteiger partial charge in [0.2, 0.25) is 5.91 Å². The van der Waals surface area contributed by atoms with Gasteiger partial charge in [-0.05, 0) is 36.6 Å². The molecule has 0 unspecified atom stereocenters. The highest BCUT2D eigenvalue weighted by Crippen LogP contribution is 2.31. The molecule has 114 valence electrons. The maximum atomic E-state index is 12.4. The zero-order chi connectivity index (χ0) is 15.4. The van der Waals surface area contributed by atoms with Crippen LogP contribution in [0.5, 0.6) is 0 Å². The molecular formula is C16H17N3O3. The van der Waals surface area contributed by atoms with Crippen LogP contribution in [0.1, 0.15) is 34.8 Å². The Hall–Kier alpha value is -2.63. The number of nitrogens with zero attached hydrogens (tertiary/aromatic N) is 2. The van der Waals surface area contributed by atoms with Crippen LogP contribution in [0.2, 0.25) is 0 Å². The molecule has 1 N–H and O–H groups in total. The quantitative estimate of drug-likeness (QED) is 0.933. The van der Waals surface area contributed by atoms with Crippen LogP contribution >= 0.6 is 0 Å². The topological polar surface area (TPSA) is 75.4 Å². The molecule has 3 heterocycles. The molecule has 0 aliphatic carbocycles. The molecule has 2 aromatic rings. The van der Waals surface area contributed by atoms with Gasteiger partial charge in [0.05, 0.1) is 24.4 Å². The van der Waals surface area contributed by atoms with Gasteiger partial charge in [0.25, 0.3) is 5.91 Å². The van der Waals surface area contributed by atoms with Crippen LogP contribution in [0.3, 0.4) is 0 Å². The van der Waals surface area contributed by atoms with E-state index in [1.807, 2.05) is 17.0 Å². The Balaban J connectivity index is 1.61. The second kappa shape index (κ2) is 6.43. The summed E-state index contributed by atoms with van der Waals surface area (Å²) in [6, 6.07) is 5.50. The summed E-state index contributed by atoms with van der Waals surface area (Å²) in [5.41, 5.74) is 1.50. The summed E-state index contributed by atoms with van der Waals surface area (Å²) < 4.78 is 4.86. The van der Waals surface area contributed by atoms with Crippen LogP contribution in [-0.4, -0.2) is 34.8 Å². The fraction of sp³-hybridized carbons (Fsp3) is 0.312. The average molecular weight is 299 g/mol. The predicted octanol–water partition coefficient (Wildman–Crippen LogP) is 1.77. The molecule has 2 amide bonds. The molecule has 0 spiro atoms. The van der Waals surface area contributed by atoms with E-state index in [9.17, 15) is 9.59 Å². The molecule has 22 heavy (non-hydrogen) atoms. The normalized spacial score (nSPS) is 17.5. The van der Waals surface area contributed by atoms with Crippen molar-refractivity contribution in [1.29, 1.82) is 0 Å². The SMILES string of the molecule is O=C(NCC(=O)N1CCC[C@H]1c1ccncc1)c1ccoc1. The van der Waals surface area contributed by atoms with Crippen molar-refractivity contribution in [3.05, 3.63) is 54.2 Å². The largest absolute Gasteiger partial charge is 0.472 e. The highest BCUT2D eigenvalue weighted by atomic mass is 16.3. The van der Waals surface area contributed by atoms with Gasteiger partial charge in [0, 0.05) is 18.9 Å². The van der Waals surface area contributed by atoms with Crippen LogP contribution < -0.4 is 5.32 Å². The fourth-order valence-corrected chi connectivity index (χ4v) is 2.75. The maximum absolute atomic E-state index is 12.4. The zero-order valence-corrected chi connectivity index (χ0v) is 12.1. The number of amides is 2. The van der Waals surface area contributed by atoms with E-state index in [-0.39, 0.29) is 24.4 Å². The molecule has 1 saturated heterocycles. The lowest BCUT2D eigenvalue weighted by atomic mass is 10.1. The fourth-order valence-electron chi connectivity index (χ4n) is 2.75. The number of carbonyl (C=O) groups excluding carboxylic acids is 2. The first kappa shape index (κ1) is 14.3. The molecule has 1 aliphatic heterocycles. The summed E-state index contributed by atoms with van der Waals surface area (Å²) in [5, 5.41) is 2.63. The molecule has 0 radical (unpaired) electrons. The Morgan fingerprint density at radius 3 is 2.86 bits per heavy atom. The lowest BCUT2D eigenvalue weighted by Crippen LogP contribution is -2.39. The van der Waals surface area contributed by atoms with Gasteiger partial charge in [-0.1, -0.05) is 0 Å². The standard InChI is InChI=1S/C16H17N3O3/c20-15(10-18-16(21)13-5-9-22-11-13)19-8-1-2-14(19)12-3-6-17-7-4-12/h3-7,9,11,14H,1-2,8,10H2,(H,18,21)/t14-/m0/s1. The van der Waals surface area contributed by atoms with Crippen molar-refractivity contribution in [3.63, 3.8) is 0 Å². The van der Waals surface area contributed by atoms with Crippen LogP contribution in [0.25, 0.3) is 0 Å². The minimum Gasteiger partial charge on any atom is -0.472 e. The first-order valence-electron chi connectivity index (χ1n) is 7.25. The molecule has 0 bridgehead atoms. The lowest BCUT2D eigenvalue weighted by Gasteiger charge is -2.25. The van der Waals surface area contributed by atoms with E-state index >= 15 is 0 Å². The van der Waals surface area contributed by atoms with Gasteiger partial charge in [-0.2, -0.15) is 0 Å². The molecule has 0 saturated carbocycles. The van der Waals surface area contributed by atoms with Crippen LogP contribution in [0.4, 0.5) is 0 Å². The smallest absolute Gasteiger partial charge is 0.254 e. The number of hydrogen-bond acceptors (Lipinski definition) is 4. The lowest BCUT2D eigenvalue weighted by molar-refractivity contribution is -0.131. The van der Waals surface area contributed by atoms with E-state index in [1.165, 1.54) is 12.5 Å². The third-order valence-corrected chi connectivity index (χ3v) is 3.85. The summed E-state index contributed by atoms with van der Waals surface area (Å²) in [6.07, 6.45) is 8.15. The summed E-state index contributed by atoms with van der Waals surface area (Å²) in [7, 11) is 0. The number of likely N-dealkylation sites (tertiary alicyclic amines) is 1. The highest BCUT2D eigenvalue weighted by molar-refractivity contribution is 5.96. The Morgan fingerprint density at radius 2 is 2.14 bits per heavy atom. The molecular weight excluding hydrogens is 282 g/mol. The Bertz CT molecular complexity index is 640. The van der Waals surface area contributed by atoms with E-state index in [4.69, 9.17) is 4.42 Å². The van der Waals surface area contributed by atoms with Crippen molar-refractivity contribution in [2.45, 2.75) is 18.9 Å². The van der Waals surface area contributed by atoms with E-state index in [2.05, 4.69) is 10.3 Å². The Morgan fingerprint density at radius 1 is 1.32 bits per heavy atom. The third-order valence-electron chi connectivity index (χ3n) is 3.85. The molecule has 6 nitrogen and oxygen atoms in total. The van der Waals surface area contributed by atoms with Gasteiger partial charge >= 0.3 is 0 Å². The van der Waals surface area contributed by atoms with E-state index in [1.54, 1.807) is 18.5 Å². The number of aromatic nitrogens is 1. The first-order valence-corrected chi connectivity index (χ1v) is 7.25. The second-order valence-corrected chi connectivity index (χ2v) is 5.22. The van der Waals surface area contributed by atoms with Crippen LogP contribution in [0, 0.1) is 0 Å². The Kier molecular flexibility index (Phi) is 4.18. The number of pyridine rings is 1. The van der Waals surface area contributed by atoms with Gasteiger partial charge in [-0.25, -0.2) is 0 Å². The molecule has 1 aliphatic rings. The first-order chi connectivity index (χ1) is 10.8. The number of hydrogen-bond donors (Lipinski definition) is 1. The second-order valence-electron chi connectivity index (χ2n) is 5.22. The predicted molar refractivity (Wildman–Crippen MR) is 79.0 cm³/mol. The maximum Gasteiger partial charge on any atom is 0.254 e. The van der Waals surface area contributed by atoms with E-state index in [0.717, 1.165) is 18.4 Å². The van der Waals surface area contributed by atoms with Gasteiger partial charge < -0.3 is 14.6 Å². The van der Waals surface area contributed by atoms with Gasteiger partial charge in [0.15, 0.2) is 0 Å². The molecule has 2 aromatic heterocycles. The molecule has 1 fully saturated rings. The summed E-state index contributed by atoms with van der Waals surface area (Å²) in [5.74, 6) is -0.377. The summed E-state index contributed by atoms with van der Waals surface area (Å²) >= 11 is 0. The van der Waals surface area contributed by atoms with Crippen molar-refractivity contribution in [2.24, 2.45) is 0 Å². The number of nitrogens with one attached hydrogen (secondary N) is 1. The van der Waals surface area contributed by atoms with Crippen LogP contribution in [0.15, 0.2) is 47.5 Å². The van der Waals surface area contributed by atoms with Crippen molar-refractivity contribution in [1.82, 2.24) is 15.2 Å². The van der Waals surface area contributed by atoms with Crippen LogP contribution in [-0.2, 0) is 4.79 Å². The highest BCUT2D eigenvalue weighted by Gasteiger charge is 2.29. The van der Waals surface area contributed by atoms with E-state index in [0.29, 0.717) is 12.1 Å². The molecule has 1 atom stereocenters.